The van der Waals surface area contributed by atoms with E-state index < -0.39 is 17.7 Å². The van der Waals surface area contributed by atoms with Gasteiger partial charge in [-0.15, -0.1) is 0 Å². The van der Waals surface area contributed by atoms with Gasteiger partial charge in [-0.25, -0.2) is 4.79 Å². The fourth-order valence-corrected chi connectivity index (χ4v) is 3.60. The summed E-state index contributed by atoms with van der Waals surface area (Å²) in [6.07, 6.45) is 0.897. The van der Waals surface area contributed by atoms with Crippen LogP contribution in [0.15, 0.2) is 48.5 Å². The van der Waals surface area contributed by atoms with Gasteiger partial charge in [-0.05, 0) is 57.7 Å². The lowest BCUT2D eigenvalue weighted by molar-refractivity contribution is -0.138. The van der Waals surface area contributed by atoms with Crippen LogP contribution in [0.4, 0.5) is 10.5 Å². The molecule has 34 heavy (non-hydrogen) atoms. The minimum atomic E-state index is -0.848. The molecule has 2 aromatic carbocycles. The van der Waals surface area contributed by atoms with E-state index in [9.17, 15) is 14.4 Å². The Hall–Kier alpha value is -3.35. The number of anilines is 1. The van der Waals surface area contributed by atoms with Crippen molar-refractivity contribution in [3.05, 3.63) is 65.2 Å². The van der Waals surface area contributed by atoms with E-state index in [0.29, 0.717) is 12.1 Å². The van der Waals surface area contributed by atoms with Crippen LogP contribution in [-0.4, -0.2) is 41.5 Å². The van der Waals surface area contributed by atoms with Crippen molar-refractivity contribution in [1.29, 1.82) is 0 Å². The van der Waals surface area contributed by atoms with Crippen molar-refractivity contribution >= 4 is 23.6 Å². The van der Waals surface area contributed by atoms with Crippen LogP contribution in [0.1, 0.15) is 63.3 Å². The molecule has 184 valence electrons. The van der Waals surface area contributed by atoms with Gasteiger partial charge in [-0.3, -0.25) is 9.59 Å². The maximum Gasteiger partial charge on any atom is 0.408 e. The molecule has 1 unspecified atom stereocenters. The van der Waals surface area contributed by atoms with Crippen molar-refractivity contribution in [2.24, 2.45) is 0 Å². The Morgan fingerprint density at radius 2 is 1.59 bits per heavy atom. The molecule has 2 N–H and O–H groups in total. The molecule has 3 amide bonds. The average molecular weight is 468 g/mol. The third kappa shape index (κ3) is 7.90. The third-order valence-electron chi connectivity index (χ3n) is 5.26. The highest BCUT2D eigenvalue weighted by Crippen LogP contribution is 2.26. The lowest BCUT2D eigenvalue weighted by Crippen LogP contribution is -2.47. The predicted octanol–water partition coefficient (Wildman–Crippen LogP) is 5.14. The molecule has 2 aromatic rings. The summed E-state index contributed by atoms with van der Waals surface area (Å²) in [5, 5.41) is 5.56. The highest BCUT2D eigenvalue weighted by atomic mass is 16.6. The second-order valence-corrected chi connectivity index (χ2v) is 9.37. The molecule has 0 aliphatic carbocycles. The van der Waals surface area contributed by atoms with Gasteiger partial charge in [-0.2, -0.15) is 0 Å². The van der Waals surface area contributed by atoms with Crippen molar-refractivity contribution in [1.82, 2.24) is 10.2 Å². The number of carbonyl (C=O) groups excluding carboxylic acids is 3. The molecule has 1 atom stereocenters. The van der Waals surface area contributed by atoms with Crippen LogP contribution in [-0.2, 0) is 14.3 Å². The number of hydrogen-bond acceptors (Lipinski definition) is 4. The first-order valence-corrected chi connectivity index (χ1v) is 11.7. The summed E-state index contributed by atoms with van der Waals surface area (Å²) in [4.78, 5) is 40.6. The Morgan fingerprint density at radius 3 is 2.15 bits per heavy atom. The summed E-state index contributed by atoms with van der Waals surface area (Å²) in [5.74, 6) is -0.657. The molecule has 2 rings (SSSR count). The summed E-state index contributed by atoms with van der Waals surface area (Å²) in [7, 11) is 0. The van der Waals surface area contributed by atoms with E-state index in [1.165, 1.54) is 0 Å². The topological polar surface area (TPSA) is 87.7 Å². The van der Waals surface area contributed by atoms with Crippen LogP contribution >= 0.6 is 0 Å². The van der Waals surface area contributed by atoms with Gasteiger partial charge in [0.2, 0.25) is 5.91 Å². The van der Waals surface area contributed by atoms with Crippen LogP contribution in [0.25, 0.3) is 0 Å². The Morgan fingerprint density at radius 1 is 0.971 bits per heavy atom. The van der Waals surface area contributed by atoms with Gasteiger partial charge in [0.05, 0.1) is 0 Å². The number of amides is 3. The maximum atomic E-state index is 13.6. The lowest BCUT2D eigenvalue weighted by Gasteiger charge is -2.32. The first-order chi connectivity index (χ1) is 16.0. The minimum Gasteiger partial charge on any atom is -0.444 e. The van der Waals surface area contributed by atoms with Crippen molar-refractivity contribution in [2.45, 2.75) is 66.0 Å². The molecule has 0 aromatic heterocycles. The fourth-order valence-electron chi connectivity index (χ4n) is 3.60. The van der Waals surface area contributed by atoms with E-state index >= 15 is 0 Å². The molecule has 0 saturated carbocycles. The average Bonchev–Trinajstić information content (AvgIpc) is 2.77. The second-order valence-electron chi connectivity index (χ2n) is 9.37. The Labute approximate surface area is 202 Å². The van der Waals surface area contributed by atoms with Crippen LogP contribution in [0.2, 0.25) is 0 Å². The highest BCUT2D eigenvalue weighted by molar-refractivity contribution is 5.99. The number of alkyl carbamates (subject to hydrolysis) is 1. The number of rotatable bonds is 9. The van der Waals surface area contributed by atoms with Crippen molar-refractivity contribution in [3.63, 3.8) is 0 Å². The number of benzene rings is 2. The molecule has 0 aliphatic heterocycles. The zero-order chi connectivity index (χ0) is 25.3. The number of ether oxygens (including phenoxy) is 1. The second kappa shape index (κ2) is 12.2. The van der Waals surface area contributed by atoms with E-state index in [-0.39, 0.29) is 18.4 Å². The van der Waals surface area contributed by atoms with Crippen molar-refractivity contribution in [3.8, 4) is 0 Å². The van der Waals surface area contributed by atoms with Gasteiger partial charge in [0.1, 0.15) is 18.2 Å². The third-order valence-corrected chi connectivity index (χ3v) is 5.26. The molecular weight excluding hydrogens is 430 g/mol. The molecule has 0 spiro atoms. The van der Waals surface area contributed by atoms with Gasteiger partial charge in [0.25, 0.3) is 5.91 Å². The summed E-state index contributed by atoms with van der Waals surface area (Å²) in [6, 6.07) is 14.2. The molecule has 0 aliphatic rings. The van der Waals surface area contributed by atoms with Gasteiger partial charge < -0.3 is 20.3 Å². The van der Waals surface area contributed by atoms with Crippen molar-refractivity contribution < 1.29 is 19.1 Å². The fraction of sp³-hybridized carbons (Fsp3) is 0.444. The van der Waals surface area contributed by atoms with Crippen LogP contribution < -0.4 is 10.6 Å². The molecule has 0 fully saturated rings. The first-order valence-electron chi connectivity index (χ1n) is 11.7. The van der Waals surface area contributed by atoms with E-state index in [4.69, 9.17) is 4.74 Å². The van der Waals surface area contributed by atoms with Gasteiger partial charge in [0.15, 0.2) is 0 Å². The number of carbonyl (C=O) groups is 3. The molecule has 0 bridgehead atoms. The number of hydrogen-bond donors (Lipinski definition) is 2. The number of aryl methyl sites for hydroxylation is 2. The molecule has 7 nitrogen and oxygen atoms in total. The molecule has 0 saturated heterocycles. The van der Waals surface area contributed by atoms with E-state index in [0.717, 1.165) is 29.7 Å². The normalized spacial score (nSPS) is 11.9. The zero-order valence-electron chi connectivity index (χ0n) is 21.1. The highest BCUT2D eigenvalue weighted by Gasteiger charge is 2.32. The number of para-hydroxylation sites is 1. The van der Waals surface area contributed by atoms with Crippen LogP contribution in [0.5, 0.6) is 0 Å². The van der Waals surface area contributed by atoms with Crippen LogP contribution in [0.3, 0.4) is 0 Å². The summed E-state index contributed by atoms with van der Waals surface area (Å²) >= 11 is 0. The zero-order valence-corrected chi connectivity index (χ0v) is 21.1. The smallest absolute Gasteiger partial charge is 0.408 e. The monoisotopic (exact) mass is 467 g/mol. The van der Waals surface area contributed by atoms with E-state index in [1.54, 1.807) is 25.7 Å². The standard InChI is InChI=1S/C27H37N3O4/c1-7-8-17-30(22(31)18-28-26(33)34-27(4,5)6)24(21-15-10-9-11-16-21)25(32)29-23-19(2)13-12-14-20(23)3/h9-16,24H,7-8,17-18H2,1-6H3,(H,28,33)(H,29,32). The van der Waals surface area contributed by atoms with Gasteiger partial charge in [0, 0.05) is 12.2 Å². The summed E-state index contributed by atoms with van der Waals surface area (Å²) in [5.41, 5.74) is 2.65. The molecule has 0 heterocycles. The Balaban J connectivity index is 2.34. The number of nitrogens with one attached hydrogen (secondary N) is 2. The van der Waals surface area contributed by atoms with Crippen molar-refractivity contribution in [2.75, 3.05) is 18.4 Å². The van der Waals surface area contributed by atoms with E-state index in [2.05, 4.69) is 10.6 Å². The molecular formula is C27H37N3O4. The lowest BCUT2D eigenvalue weighted by atomic mass is 10.0. The summed E-state index contributed by atoms with van der Waals surface area (Å²) in [6.45, 7) is 11.3. The minimum absolute atomic E-state index is 0.265. The predicted molar refractivity (Wildman–Crippen MR) is 135 cm³/mol. The van der Waals surface area contributed by atoms with Gasteiger partial charge in [-0.1, -0.05) is 61.9 Å². The number of nitrogens with zero attached hydrogens (tertiary/aromatic N) is 1. The quantitative estimate of drug-likeness (QED) is 0.535. The molecule has 7 heteroatoms. The Kier molecular flexibility index (Phi) is 9.66. The van der Waals surface area contributed by atoms with Gasteiger partial charge >= 0.3 is 6.09 Å². The SMILES string of the molecule is CCCCN(C(=O)CNC(=O)OC(C)(C)C)C(C(=O)Nc1c(C)cccc1C)c1ccccc1. The number of unbranched alkanes of at least 4 members (excludes halogenated alkanes) is 1. The summed E-state index contributed by atoms with van der Waals surface area (Å²) < 4.78 is 5.25. The molecule has 0 radical (unpaired) electrons. The first kappa shape index (κ1) is 26.9. The Bertz CT molecular complexity index is 963. The van der Waals surface area contributed by atoms with E-state index in [1.807, 2.05) is 69.3 Å². The largest absolute Gasteiger partial charge is 0.444 e. The van der Waals surface area contributed by atoms with Crippen LogP contribution in [0, 0.1) is 13.8 Å². The maximum absolute atomic E-state index is 13.6.